The minimum Gasteiger partial charge on any atom is -0.491 e. The second kappa shape index (κ2) is 9.11. The van der Waals surface area contributed by atoms with Crippen molar-refractivity contribution in [3.05, 3.63) is 59.7 Å². The van der Waals surface area contributed by atoms with Gasteiger partial charge in [-0.1, -0.05) is 43.3 Å². The van der Waals surface area contributed by atoms with Crippen molar-refractivity contribution in [1.82, 2.24) is 5.32 Å². The first-order valence-electron chi connectivity index (χ1n) is 8.74. The second-order valence-corrected chi connectivity index (χ2v) is 6.21. The molecule has 0 saturated heterocycles. The molecular weight excluding hydrogens is 314 g/mol. The Balaban J connectivity index is 1.84. The Morgan fingerprint density at radius 2 is 1.68 bits per heavy atom. The van der Waals surface area contributed by atoms with Crippen LogP contribution in [0.3, 0.4) is 0 Å². The van der Waals surface area contributed by atoms with Crippen molar-refractivity contribution >= 4 is 5.91 Å². The number of nitrogens with one attached hydrogen (secondary N) is 1. The van der Waals surface area contributed by atoms with Crippen molar-refractivity contribution in [1.29, 1.82) is 0 Å². The van der Waals surface area contributed by atoms with Gasteiger partial charge >= 0.3 is 0 Å². The highest BCUT2D eigenvalue weighted by atomic mass is 16.5. The molecular formula is C21H27NO3. The summed E-state index contributed by atoms with van der Waals surface area (Å²) in [7, 11) is 0. The van der Waals surface area contributed by atoms with Gasteiger partial charge in [-0.2, -0.15) is 0 Å². The Labute approximate surface area is 150 Å². The van der Waals surface area contributed by atoms with Gasteiger partial charge < -0.3 is 14.8 Å². The number of rotatable bonds is 8. The molecule has 0 aliphatic rings. The van der Waals surface area contributed by atoms with Crippen molar-refractivity contribution in [2.45, 2.75) is 46.3 Å². The van der Waals surface area contributed by atoms with E-state index in [-0.39, 0.29) is 11.9 Å². The van der Waals surface area contributed by atoms with E-state index in [1.165, 1.54) is 0 Å². The molecule has 25 heavy (non-hydrogen) atoms. The van der Waals surface area contributed by atoms with E-state index in [0.29, 0.717) is 6.61 Å². The van der Waals surface area contributed by atoms with Crippen molar-refractivity contribution in [3.8, 4) is 11.5 Å². The summed E-state index contributed by atoms with van der Waals surface area (Å²) in [5.74, 6) is 1.45. The van der Waals surface area contributed by atoms with Gasteiger partial charge in [0, 0.05) is 0 Å². The molecule has 0 heterocycles. The van der Waals surface area contributed by atoms with E-state index in [9.17, 15) is 4.79 Å². The normalized spacial score (nSPS) is 13.0. The first kappa shape index (κ1) is 18.8. The highest BCUT2D eigenvalue weighted by molar-refractivity contribution is 5.81. The maximum atomic E-state index is 12.3. The Hall–Kier alpha value is -2.49. The van der Waals surface area contributed by atoms with Gasteiger partial charge in [0.2, 0.25) is 0 Å². The molecule has 1 N–H and O–H groups in total. The van der Waals surface area contributed by atoms with Gasteiger partial charge in [-0.05, 0) is 50.5 Å². The summed E-state index contributed by atoms with van der Waals surface area (Å²) in [6.07, 6.45) is 0.305. The molecule has 0 saturated carbocycles. The fraction of sp³-hybridized carbons (Fsp3) is 0.381. The lowest BCUT2D eigenvalue weighted by molar-refractivity contribution is -0.128. The van der Waals surface area contributed by atoms with Gasteiger partial charge in [0.15, 0.2) is 6.10 Å². The molecule has 0 unspecified atom stereocenters. The summed E-state index contributed by atoms with van der Waals surface area (Å²) in [5.41, 5.74) is 2.17. The minimum absolute atomic E-state index is 0.112. The number of para-hydroxylation sites is 2. The number of hydrogen-bond acceptors (Lipinski definition) is 3. The van der Waals surface area contributed by atoms with Crippen LogP contribution in [0.25, 0.3) is 0 Å². The molecule has 2 aromatic rings. The molecule has 0 fully saturated rings. The smallest absolute Gasteiger partial charge is 0.261 e. The molecule has 4 nitrogen and oxygen atoms in total. The van der Waals surface area contributed by atoms with Gasteiger partial charge in [0.25, 0.3) is 5.91 Å². The average Bonchev–Trinajstić information content (AvgIpc) is 2.61. The number of carbonyl (C=O) groups is 1. The maximum Gasteiger partial charge on any atom is 0.261 e. The number of hydrogen-bond donors (Lipinski definition) is 1. The van der Waals surface area contributed by atoms with Crippen LogP contribution in [0.2, 0.25) is 0 Å². The van der Waals surface area contributed by atoms with Crippen molar-refractivity contribution in [2.24, 2.45) is 0 Å². The Kier molecular flexibility index (Phi) is 6.87. The topological polar surface area (TPSA) is 47.6 Å². The lowest BCUT2D eigenvalue weighted by Gasteiger charge is -2.20. The summed E-state index contributed by atoms with van der Waals surface area (Å²) in [6.45, 7) is 8.16. The second-order valence-electron chi connectivity index (χ2n) is 6.21. The van der Waals surface area contributed by atoms with Crippen LogP contribution in [0.5, 0.6) is 11.5 Å². The van der Waals surface area contributed by atoms with Crippen LogP contribution in [0.1, 0.15) is 31.9 Å². The van der Waals surface area contributed by atoms with Crippen LogP contribution in [-0.2, 0) is 11.2 Å². The van der Waals surface area contributed by atoms with Gasteiger partial charge in [-0.15, -0.1) is 0 Å². The summed E-state index contributed by atoms with van der Waals surface area (Å²) in [5, 5.41) is 2.94. The van der Waals surface area contributed by atoms with Gasteiger partial charge in [0.05, 0.1) is 6.04 Å². The summed E-state index contributed by atoms with van der Waals surface area (Å²) in [6, 6.07) is 15.5. The summed E-state index contributed by atoms with van der Waals surface area (Å²) < 4.78 is 11.6. The number of amides is 1. The highest BCUT2D eigenvalue weighted by Gasteiger charge is 2.18. The minimum atomic E-state index is -0.561. The standard InChI is InChI=1S/C21H27NO3/c1-5-18-11-7-9-13-20(18)25-17(4)21(23)22-16(3)14-24-19-12-8-6-10-15(19)2/h6-13,16-17H,5,14H2,1-4H3,(H,22,23)/t16-,17+/m1/s1. The van der Waals surface area contributed by atoms with Crippen molar-refractivity contribution in [2.75, 3.05) is 6.61 Å². The van der Waals surface area contributed by atoms with Gasteiger partial charge in [-0.25, -0.2) is 0 Å². The lowest BCUT2D eigenvalue weighted by atomic mass is 10.1. The fourth-order valence-corrected chi connectivity index (χ4v) is 2.49. The number of carbonyl (C=O) groups excluding carboxylic acids is 1. The predicted octanol–water partition coefficient (Wildman–Crippen LogP) is 3.91. The van der Waals surface area contributed by atoms with E-state index >= 15 is 0 Å². The SMILES string of the molecule is CCc1ccccc1O[C@@H](C)C(=O)N[C@H](C)COc1ccccc1C. The largest absolute Gasteiger partial charge is 0.491 e. The predicted molar refractivity (Wildman–Crippen MR) is 100 cm³/mol. The Morgan fingerprint density at radius 1 is 1.04 bits per heavy atom. The van der Waals surface area contributed by atoms with Crippen LogP contribution in [0.4, 0.5) is 0 Å². The van der Waals surface area contributed by atoms with Gasteiger partial charge in [-0.3, -0.25) is 4.79 Å². The van der Waals surface area contributed by atoms with E-state index < -0.39 is 6.10 Å². The lowest BCUT2D eigenvalue weighted by Crippen LogP contribution is -2.43. The van der Waals surface area contributed by atoms with Gasteiger partial charge in [0.1, 0.15) is 18.1 Å². The first-order chi connectivity index (χ1) is 12.0. The third kappa shape index (κ3) is 5.52. The summed E-state index contributed by atoms with van der Waals surface area (Å²) in [4.78, 5) is 12.3. The number of aryl methyl sites for hydroxylation is 2. The van der Waals surface area contributed by atoms with Crippen LogP contribution < -0.4 is 14.8 Å². The highest BCUT2D eigenvalue weighted by Crippen LogP contribution is 2.20. The van der Waals surface area contributed by atoms with E-state index in [0.717, 1.165) is 29.0 Å². The van der Waals surface area contributed by atoms with E-state index in [4.69, 9.17) is 9.47 Å². The van der Waals surface area contributed by atoms with E-state index in [1.54, 1.807) is 6.92 Å². The molecule has 0 aromatic heterocycles. The van der Waals surface area contributed by atoms with Crippen LogP contribution in [0.15, 0.2) is 48.5 Å². The molecule has 4 heteroatoms. The third-order valence-electron chi connectivity index (χ3n) is 4.00. The number of ether oxygens (including phenoxy) is 2. The molecule has 1 amide bonds. The molecule has 0 aliphatic heterocycles. The summed E-state index contributed by atoms with van der Waals surface area (Å²) >= 11 is 0. The zero-order chi connectivity index (χ0) is 18.2. The molecule has 2 aromatic carbocycles. The average molecular weight is 341 g/mol. The zero-order valence-corrected chi connectivity index (χ0v) is 15.4. The molecule has 0 bridgehead atoms. The van der Waals surface area contributed by atoms with E-state index in [2.05, 4.69) is 12.2 Å². The molecule has 2 rings (SSSR count). The van der Waals surface area contributed by atoms with Crippen molar-refractivity contribution in [3.63, 3.8) is 0 Å². The third-order valence-corrected chi connectivity index (χ3v) is 4.00. The van der Waals surface area contributed by atoms with E-state index in [1.807, 2.05) is 62.4 Å². The Morgan fingerprint density at radius 3 is 2.36 bits per heavy atom. The van der Waals surface area contributed by atoms with Crippen LogP contribution >= 0.6 is 0 Å². The molecule has 0 aliphatic carbocycles. The first-order valence-corrected chi connectivity index (χ1v) is 8.74. The molecule has 0 radical (unpaired) electrons. The monoisotopic (exact) mass is 341 g/mol. The number of benzene rings is 2. The quantitative estimate of drug-likeness (QED) is 0.792. The molecule has 2 atom stereocenters. The van der Waals surface area contributed by atoms with Crippen LogP contribution in [0, 0.1) is 6.92 Å². The zero-order valence-electron chi connectivity index (χ0n) is 15.4. The van der Waals surface area contributed by atoms with Crippen molar-refractivity contribution < 1.29 is 14.3 Å². The van der Waals surface area contributed by atoms with Crippen LogP contribution in [-0.4, -0.2) is 24.7 Å². The Bertz CT molecular complexity index is 699. The maximum absolute atomic E-state index is 12.3. The molecule has 0 spiro atoms. The molecule has 134 valence electrons. The fourth-order valence-electron chi connectivity index (χ4n) is 2.49.